The molecule has 1 saturated heterocycles. The Balaban J connectivity index is 0. The molecule has 0 unspecified atom stereocenters. The molecule has 0 aromatic heterocycles. The maximum Gasteiger partial charge on any atom is 0.129 e. The van der Waals surface area contributed by atoms with Gasteiger partial charge in [-0.25, -0.2) is 0 Å². The fourth-order valence-corrected chi connectivity index (χ4v) is 1.95. The van der Waals surface area contributed by atoms with Crippen LogP contribution in [0.4, 0.5) is 0 Å². The summed E-state index contributed by atoms with van der Waals surface area (Å²) in [6.07, 6.45) is 6.93. The molecule has 0 atom stereocenters. The zero-order valence-electron chi connectivity index (χ0n) is 9.20. The van der Waals surface area contributed by atoms with Crippen molar-refractivity contribution in [3.63, 3.8) is 0 Å². The number of amides is 1. The molecule has 0 aliphatic carbocycles. The van der Waals surface area contributed by atoms with Crippen molar-refractivity contribution in [2.45, 2.75) is 46.5 Å². The van der Waals surface area contributed by atoms with E-state index in [0.717, 1.165) is 38.8 Å². The van der Waals surface area contributed by atoms with Crippen LogP contribution in [0.5, 0.6) is 0 Å². The number of piperidine rings is 1. The summed E-state index contributed by atoms with van der Waals surface area (Å²) in [5, 5.41) is 0. The first-order valence-electron chi connectivity index (χ1n) is 5.34. The van der Waals surface area contributed by atoms with Crippen molar-refractivity contribution in [2.75, 3.05) is 13.1 Å². The third kappa shape index (κ3) is 7.16. The van der Waals surface area contributed by atoms with Gasteiger partial charge in [0.1, 0.15) is 5.78 Å². The SMILES string of the molecule is C.CC(=O)CCCC1CCN([C-]=O)CC1.[W]. The van der Waals surface area contributed by atoms with Crippen molar-refractivity contribution in [2.24, 2.45) is 5.92 Å². The summed E-state index contributed by atoms with van der Waals surface area (Å²) in [6.45, 7) is 3.33. The van der Waals surface area contributed by atoms with Crippen LogP contribution >= 0.6 is 0 Å². The van der Waals surface area contributed by atoms with Gasteiger partial charge in [0.2, 0.25) is 0 Å². The fraction of sp³-hybridized carbons (Fsp3) is 0.833. The van der Waals surface area contributed by atoms with Gasteiger partial charge >= 0.3 is 0 Å². The van der Waals surface area contributed by atoms with Gasteiger partial charge in [0.25, 0.3) is 0 Å². The van der Waals surface area contributed by atoms with E-state index in [1.165, 1.54) is 0 Å². The van der Waals surface area contributed by atoms with Crippen LogP contribution < -0.4 is 0 Å². The van der Waals surface area contributed by atoms with Crippen LogP contribution in [0, 0.1) is 5.92 Å². The predicted molar refractivity (Wildman–Crippen MR) is 61.3 cm³/mol. The summed E-state index contributed by atoms with van der Waals surface area (Å²) >= 11 is 0. The Morgan fingerprint density at radius 3 is 2.38 bits per heavy atom. The van der Waals surface area contributed by atoms with Crippen molar-refractivity contribution < 1.29 is 30.7 Å². The second-order valence-corrected chi connectivity index (χ2v) is 4.12. The minimum absolute atomic E-state index is 0. The summed E-state index contributed by atoms with van der Waals surface area (Å²) in [4.78, 5) is 22.8. The number of Topliss-reactive ketones (excluding diaryl/α,β-unsaturated/α-hetero) is 1. The molecule has 0 radical (unpaired) electrons. The van der Waals surface area contributed by atoms with E-state index >= 15 is 0 Å². The normalized spacial score (nSPS) is 15.9. The third-order valence-corrected chi connectivity index (χ3v) is 2.88. The Kier molecular flexibility index (Phi) is 11.4. The number of hydrogen-bond donors (Lipinski definition) is 0. The van der Waals surface area contributed by atoms with Crippen LogP contribution in [0.2, 0.25) is 0 Å². The number of rotatable bonds is 5. The molecule has 0 saturated carbocycles. The molecule has 0 spiro atoms. The van der Waals surface area contributed by atoms with Gasteiger partial charge in [-0.1, -0.05) is 7.43 Å². The molecular weight excluding hydrogens is 374 g/mol. The van der Waals surface area contributed by atoms with Crippen molar-refractivity contribution in [1.29, 1.82) is 0 Å². The Labute approximate surface area is 113 Å². The van der Waals surface area contributed by atoms with E-state index in [9.17, 15) is 9.59 Å². The monoisotopic (exact) mass is 396 g/mol. The number of hydrogen-bond acceptors (Lipinski definition) is 2. The minimum Gasteiger partial charge on any atom is -0.520 e. The zero-order valence-corrected chi connectivity index (χ0v) is 12.1. The number of ketones is 1. The van der Waals surface area contributed by atoms with Crippen LogP contribution in [-0.4, -0.2) is 30.2 Å². The third-order valence-electron chi connectivity index (χ3n) is 2.88. The molecular formula is C12H22NO2W-. The Hall–Kier alpha value is -0.172. The van der Waals surface area contributed by atoms with Crippen LogP contribution in [0.25, 0.3) is 0 Å². The number of carbonyl (C=O) groups is 1. The molecule has 16 heavy (non-hydrogen) atoms. The van der Waals surface area contributed by atoms with Crippen LogP contribution in [0.1, 0.15) is 46.5 Å². The van der Waals surface area contributed by atoms with Crippen molar-refractivity contribution in [1.82, 2.24) is 4.90 Å². The molecule has 1 amide bonds. The quantitative estimate of drug-likeness (QED) is 0.669. The van der Waals surface area contributed by atoms with E-state index in [0.29, 0.717) is 12.3 Å². The Morgan fingerprint density at radius 2 is 1.94 bits per heavy atom. The zero-order chi connectivity index (χ0) is 10.4. The Bertz CT molecular complexity index is 201. The first-order valence-corrected chi connectivity index (χ1v) is 5.34. The Morgan fingerprint density at radius 1 is 1.38 bits per heavy atom. The van der Waals surface area contributed by atoms with Gasteiger partial charge in [-0.15, -0.1) is 0 Å². The minimum atomic E-state index is 0. The van der Waals surface area contributed by atoms with Crippen LogP contribution in [-0.2, 0) is 30.7 Å². The molecule has 1 heterocycles. The van der Waals surface area contributed by atoms with Crippen molar-refractivity contribution in [3.8, 4) is 0 Å². The van der Waals surface area contributed by atoms with Gasteiger partial charge in [-0.2, -0.15) is 6.41 Å². The van der Waals surface area contributed by atoms with E-state index in [2.05, 4.69) is 0 Å². The average Bonchev–Trinajstić information content (AvgIpc) is 2.18. The van der Waals surface area contributed by atoms with E-state index in [4.69, 9.17) is 0 Å². The first-order chi connectivity index (χ1) is 6.72. The molecule has 1 aliphatic rings. The van der Waals surface area contributed by atoms with Gasteiger partial charge in [-0.3, -0.25) is 0 Å². The largest absolute Gasteiger partial charge is 0.520 e. The van der Waals surface area contributed by atoms with Crippen LogP contribution in [0.15, 0.2) is 0 Å². The fourth-order valence-electron chi connectivity index (χ4n) is 1.95. The van der Waals surface area contributed by atoms with Gasteiger partial charge in [0.05, 0.1) is 0 Å². The number of likely N-dealkylation sites (tertiary alicyclic amines) is 1. The number of nitrogens with zero attached hydrogens (tertiary/aromatic N) is 1. The first kappa shape index (κ1) is 18.2. The summed E-state index contributed by atoms with van der Waals surface area (Å²) < 4.78 is 0. The summed E-state index contributed by atoms with van der Waals surface area (Å²) in [5.74, 6) is 0.989. The maximum absolute atomic E-state index is 10.7. The van der Waals surface area contributed by atoms with Crippen LogP contribution in [0.3, 0.4) is 0 Å². The molecule has 1 aliphatic heterocycles. The van der Waals surface area contributed by atoms with Gasteiger partial charge in [-0.05, 0) is 51.6 Å². The second kappa shape index (κ2) is 10.0. The van der Waals surface area contributed by atoms with Gasteiger partial charge in [0.15, 0.2) is 0 Å². The summed E-state index contributed by atoms with van der Waals surface area (Å²) in [6, 6.07) is 0. The molecule has 3 nitrogen and oxygen atoms in total. The second-order valence-electron chi connectivity index (χ2n) is 4.12. The molecule has 0 N–H and O–H groups in total. The van der Waals surface area contributed by atoms with Crippen molar-refractivity contribution >= 4 is 12.2 Å². The molecule has 1 fully saturated rings. The maximum atomic E-state index is 10.7. The van der Waals surface area contributed by atoms with E-state index < -0.39 is 0 Å². The molecule has 1 rings (SSSR count). The van der Waals surface area contributed by atoms with Gasteiger partial charge in [0, 0.05) is 27.5 Å². The van der Waals surface area contributed by atoms with Crippen molar-refractivity contribution in [3.05, 3.63) is 0 Å². The molecule has 0 bridgehead atoms. The topological polar surface area (TPSA) is 37.4 Å². The predicted octanol–water partition coefficient (Wildman–Crippen LogP) is 2.16. The van der Waals surface area contributed by atoms with E-state index in [1.807, 2.05) is 6.41 Å². The smallest absolute Gasteiger partial charge is 0.129 e. The van der Waals surface area contributed by atoms with E-state index in [-0.39, 0.29) is 34.3 Å². The summed E-state index contributed by atoms with van der Waals surface area (Å²) in [7, 11) is 0. The van der Waals surface area contributed by atoms with E-state index in [1.54, 1.807) is 11.8 Å². The van der Waals surface area contributed by atoms with Gasteiger partial charge < -0.3 is 14.5 Å². The summed E-state index contributed by atoms with van der Waals surface area (Å²) in [5.41, 5.74) is 0. The molecule has 0 aromatic carbocycles. The standard InChI is InChI=1S/C11H18NO2.CH4.W/c1-10(14)3-2-4-11-5-7-12(9-13)8-6-11;;/h11H,2-8H2,1H3;1H4;/q-1;;. The molecule has 4 heteroatoms. The molecule has 94 valence electrons. The number of carbonyl (C=O) groups excluding carboxylic acids is 2. The molecule has 0 aromatic rings. The average molecular weight is 396 g/mol.